The number of hydrogen-bond acceptors (Lipinski definition) is 3. The van der Waals surface area contributed by atoms with Crippen LogP contribution in [0, 0.1) is 0 Å². The molecule has 0 heterocycles. The van der Waals surface area contributed by atoms with Crippen LogP contribution >= 0.6 is 0 Å². The third-order valence-corrected chi connectivity index (χ3v) is 1.90. The minimum Gasteiger partial charge on any atom is -0.479 e. The van der Waals surface area contributed by atoms with E-state index in [1.165, 1.54) is 24.3 Å². The lowest BCUT2D eigenvalue weighted by Crippen LogP contribution is -2.51. The number of aliphatic carboxylic acids is 2. The molecule has 0 aliphatic carbocycles. The summed E-state index contributed by atoms with van der Waals surface area (Å²) in [4.78, 5) is 21.5. The van der Waals surface area contributed by atoms with E-state index in [0.717, 1.165) is 0 Å². The minimum atomic E-state index is -2.37. The van der Waals surface area contributed by atoms with Crippen LogP contribution in [0.15, 0.2) is 30.3 Å². The molecular weight excluding hydrogens is 186 g/mol. The van der Waals surface area contributed by atoms with E-state index in [0.29, 0.717) is 0 Å². The molecule has 14 heavy (non-hydrogen) atoms. The summed E-state index contributed by atoms with van der Waals surface area (Å²) < 4.78 is 0. The predicted molar refractivity (Wildman–Crippen MR) is 47.6 cm³/mol. The smallest absolute Gasteiger partial charge is 0.340 e. The van der Waals surface area contributed by atoms with Crippen molar-refractivity contribution >= 4 is 11.9 Å². The van der Waals surface area contributed by atoms with Gasteiger partial charge >= 0.3 is 11.9 Å². The first-order chi connectivity index (χ1) is 6.49. The van der Waals surface area contributed by atoms with E-state index in [-0.39, 0.29) is 5.56 Å². The van der Waals surface area contributed by atoms with E-state index in [4.69, 9.17) is 15.9 Å². The summed E-state index contributed by atoms with van der Waals surface area (Å²) in [5.41, 5.74) is 2.97. The van der Waals surface area contributed by atoms with Crippen LogP contribution < -0.4 is 5.73 Å². The Morgan fingerprint density at radius 1 is 1.07 bits per heavy atom. The molecule has 74 valence electrons. The third kappa shape index (κ3) is 1.45. The normalized spacial score (nSPS) is 10.9. The summed E-state index contributed by atoms with van der Waals surface area (Å²) in [6.45, 7) is 0. The average Bonchev–Trinajstić information content (AvgIpc) is 2.17. The van der Waals surface area contributed by atoms with Gasteiger partial charge in [0.2, 0.25) is 5.54 Å². The number of nitrogens with two attached hydrogens (primary N) is 1. The fraction of sp³-hybridized carbons (Fsp3) is 0.111. The van der Waals surface area contributed by atoms with Gasteiger partial charge in [-0.2, -0.15) is 0 Å². The lowest BCUT2D eigenvalue weighted by Gasteiger charge is -2.19. The van der Waals surface area contributed by atoms with E-state index in [2.05, 4.69) is 0 Å². The van der Waals surface area contributed by atoms with Gasteiger partial charge in [-0.15, -0.1) is 0 Å². The van der Waals surface area contributed by atoms with Crippen molar-refractivity contribution in [3.63, 3.8) is 0 Å². The van der Waals surface area contributed by atoms with E-state index in [1.54, 1.807) is 6.07 Å². The Balaban J connectivity index is 3.27. The largest absolute Gasteiger partial charge is 0.479 e. The summed E-state index contributed by atoms with van der Waals surface area (Å²) in [7, 11) is 0. The molecule has 0 bridgehead atoms. The van der Waals surface area contributed by atoms with Crippen LogP contribution in [0.4, 0.5) is 0 Å². The van der Waals surface area contributed by atoms with Crippen LogP contribution in [-0.4, -0.2) is 22.2 Å². The molecule has 0 fully saturated rings. The first kappa shape index (κ1) is 10.2. The van der Waals surface area contributed by atoms with Gasteiger partial charge in [0, 0.05) is 0 Å². The van der Waals surface area contributed by atoms with Gasteiger partial charge in [0.25, 0.3) is 0 Å². The maximum Gasteiger partial charge on any atom is 0.340 e. The van der Waals surface area contributed by atoms with Gasteiger partial charge in [0.1, 0.15) is 0 Å². The monoisotopic (exact) mass is 195 g/mol. The Bertz CT molecular complexity index is 346. The number of carbonyl (C=O) groups is 2. The molecule has 4 N–H and O–H groups in total. The van der Waals surface area contributed by atoms with Crippen molar-refractivity contribution in [1.82, 2.24) is 0 Å². The summed E-state index contributed by atoms with van der Waals surface area (Å²) >= 11 is 0. The van der Waals surface area contributed by atoms with Crippen molar-refractivity contribution in [3.8, 4) is 0 Å². The van der Waals surface area contributed by atoms with Gasteiger partial charge in [0.05, 0.1) is 0 Å². The second-order valence-electron chi connectivity index (χ2n) is 2.78. The second kappa shape index (κ2) is 3.47. The first-order valence-electron chi connectivity index (χ1n) is 3.80. The van der Waals surface area contributed by atoms with Gasteiger partial charge in [0.15, 0.2) is 0 Å². The molecule has 0 aliphatic rings. The fourth-order valence-electron chi connectivity index (χ4n) is 1.04. The number of carboxylic acid groups (broad SMARTS) is 2. The molecule has 1 aromatic carbocycles. The molecule has 0 spiro atoms. The molecule has 0 atom stereocenters. The van der Waals surface area contributed by atoms with E-state index < -0.39 is 17.5 Å². The summed E-state index contributed by atoms with van der Waals surface area (Å²) in [6.07, 6.45) is 0. The van der Waals surface area contributed by atoms with Crippen molar-refractivity contribution in [3.05, 3.63) is 35.9 Å². The predicted octanol–water partition coefficient (Wildman–Crippen LogP) is 0.00980. The molecular formula is C9H9NO4. The van der Waals surface area contributed by atoms with Crippen LogP contribution in [0.5, 0.6) is 0 Å². The van der Waals surface area contributed by atoms with Crippen LogP contribution in [-0.2, 0) is 15.1 Å². The van der Waals surface area contributed by atoms with E-state index in [9.17, 15) is 9.59 Å². The number of hydrogen-bond donors (Lipinski definition) is 3. The van der Waals surface area contributed by atoms with Crippen LogP contribution in [0.2, 0.25) is 0 Å². The van der Waals surface area contributed by atoms with Crippen LogP contribution in [0.1, 0.15) is 5.56 Å². The van der Waals surface area contributed by atoms with Crippen LogP contribution in [0.25, 0.3) is 0 Å². The quantitative estimate of drug-likeness (QED) is 0.590. The molecule has 1 rings (SSSR count). The zero-order valence-electron chi connectivity index (χ0n) is 7.18. The molecule has 5 heteroatoms. The van der Waals surface area contributed by atoms with Crippen molar-refractivity contribution in [2.24, 2.45) is 5.73 Å². The lowest BCUT2D eigenvalue weighted by molar-refractivity contribution is -0.157. The Labute approximate surface area is 79.8 Å². The van der Waals surface area contributed by atoms with Crippen LogP contribution in [0.3, 0.4) is 0 Å². The van der Waals surface area contributed by atoms with E-state index >= 15 is 0 Å². The average molecular weight is 195 g/mol. The molecule has 0 saturated heterocycles. The summed E-state index contributed by atoms with van der Waals surface area (Å²) in [5.74, 6) is -3.17. The van der Waals surface area contributed by atoms with Gasteiger partial charge in [-0.1, -0.05) is 30.3 Å². The highest BCUT2D eigenvalue weighted by Crippen LogP contribution is 2.18. The number of rotatable bonds is 3. The highest BCUT2D eigenvalue weighted by atomic mass is 16.4. The topological polar surface area (TPSA) is 101 Å². The Kier molecular flexibility index (Phi) is 2.53. The minimum absolute atomic E-state index is 0.0417. The SMILES string of the molecule is NC(C(=O)O)(C(=O)O)c1ccccc1. The summed E-state index contributed by atoms with van der Waals surface area (Å²) in [6, 6.07) is 7.43. The zero-order chi connectivity index (χ0) is 10.8. The van der Waals surface area contributed by atoms with E-state index in [1.807, 2.05) is 0 Å². The van der Waals surface area contributed by atoms with Gasteiger partial charge in [-0.25, -0.2) is 9.59 Å². The standard InChI is InChI=1S/C9H9NO4/c10-9(7(11)12,8(13)14)6-4-2-1-3-5-6/h1-5H,10H2,(H,11,12)(H,13,14). The molecule has 0 saturated carbocycles. The van der Waals surface area contributed by atoms with Crippen molar-refractivity contribution in [1.29, 1.82) is 0 Å². The lowest BCUT2D eigenvalue weighted by atomic mass is 9.91. The second-order valence-corrected chi connectivity index (χ2v) is 2.78. The third-order valence-electron chi connectivity index (χ3n) is 1.90. The first-order valence-corrected chi connectivity index (χ1v) is 3.80. The molecule has 0 amide bonds. The molecule has 0 radical (unpaired) electrons. The van der Waals surface area contributed by atoms with Gasteiger partial charge in [-0.3, -0.25) is 0 Å². The molecule has 0 unspecified atom stereocenters. The highest BCUT2D eigenvalue weighted by Gasteiger charge is 2.44. The van der Waals surface area contributed by atoms with Gasteiger partial charge < -0.3 is 15.9 Å². The van der Waals surface area contributed by atoms with Crippen molar-refractivity contribution in [2.75, 3.05) is 0 Å². The zero-order valence-corrected chi connectivity index (χ0v) is 7.18. The Morgan fingerprint density at radius 2 is 1.50 bits per heavy atom. The van der Waals surface area contributed by atoms with Gasteiger partial charge in [-0.05, 0) is 5.56 Å². The fourth-order valence-corrected chi connectivity index (χ4v) is 1.04. The van der Waals surface area contributed by atoms with Crippen molar-refractivity contribution < 1.29 is 19.8 Å². The molecule has 5 nitrogen and oxygen atoms in total. The molecule has 0 aliphatic heterocycles. The summed E-state index contributed by atoms with van der Waals surface area (Å²) in [5, 5.41) is 17.5. The van der Waals surface area contributed by atoms with Crippen molar-refractivity contribution in [2.45, 2.75) is 5.54 Å². The maximum atomic E-state index is 10.8. The maximum absolute atomic E-state index is 10.8. The molecule has 1 aromatic rings. The Hall–Kier alpha value is -1.88. The molecule has 0 aromatic heterocycles. The number of benzene rings is 1. The Morgan fingerprint density at radius 3 is 1.86 bits per heavy atom. The highest BCUT2D eigenvalue weighted by molar-refractivity contribution is 6.03. The number of carboxylic acids is 2.